The fraction of sp³-hybridized carbons (Fsp3) is 0.300. The van der Waals surface area contributed by atoms with Crippen LogP contribution in [0, 0.1) is 11.6 Å². The predicted molar refractivity (Wildman–Crippen MR) is 105 cm³/mol. The minimum atomic E-state index is -0.492. The number of amides is 1. The Balaban J connectivity index is 1.48. The highest BCUT2D eigenvalue weighted by Gasteiger charge is 2.30. The van der Waals surface area contributed by atoms with Gasteiger partial charge in [0.25, 0.3) is 5.91 Å². The molecular formula is C20H19F2N3O2S. The number of rotatable bonds is 5. The third kappa shape index (κ3) is 3.77. The van der Waals surface area contributed by atoms with Crippen molar-refractivity contribution < 1.29 is 18.3 Å². The molecule has 2 aromatic carbocycles. The number of nitrogens with zero attached hydrogens (tertiary/aromatic N) is 1. The minimum Gasteiger partial charge on any atom is -0.496 e. The van der Waals surface area contributed by atoms with Gasteiger partial charge in [0, 0.05) is 12.1 Å². The summed E-state index contributed by atoms with van der Waals surface area (Å²) in [6.45, 7) is 0. The molecule has 5 nitrogen and oxygen atoms in total. The van der Waals surface area contributed by atoms with Gasteiger partial charge in [0.2, 0.25) is 0 Å². The number of hydrogen-bond acceptors (Lipinski definition) is 5. The van der Waals surface area contributed by atoms with Crippen LogP contribution in [0.2, 0.25) is 0 Å². The van der Waals surface area contributed by atoms with Crippen LogP contribution >= 0.6 is 11.3 Å². The van der Waals surface area contributed by atoms with E-state index in [0.717, 1.165) is 29.5 Å². The van der Waals surface area contributed by atoms with Crippen molar-refractivity contribution in [1.82, 2.24) is 10.3 Å². The molecule has 1 aromatic heterocycles. The number of halogens is 2. The fourth-order valence-electron chi connectivity index (χ4n) is 3.53. The topological polar surface area (TPSA) is 63.2 Å². The van der Waals surface area contributed by atoms with Crippen LogP contribution in [0.5, 0.6) is 5.75 Å². The van der Waals surface area contributed by atoms with E-state index in [1.54, 1.807) is 6.07 Å². The van der Waals surface area contributed by atoms with E-state index in [-0.39, 0.29) is 29.4 Å². The van der Waals surface area contributed by atoms with E-state index < -0.39 is 5.82 Å². The van der Waals surface area contributed by atoms with Crippen molar-refractivity contribution in [1.29, 1.82) is 0 Å². The highest BCUT2D eigenvalue weighted by molar-refractivity contribution is 7.22. The molecule has 1 saturated carbocycles. The maximum absolute atomic E-state index is 13.6. The van der Waals surface area contributed by atoms with Crippen LogP contribution in [-0.2, 0) is 0 Å². The normalized spacial score (nSPS) is 19.0. The first kappa shape index (κ1) is 18.6. The van der Waals surface area contributed by atoms with Crippen molar-refractivity contribution in [2.45, 2.75) is 31.3 Å². The van der Waals surface area contributed by atoms with Gasteiger partial charge in [-0.15, -0.1) is 0 Å². The Morgan fingerprint density at radius 2 is 1.89 bits per heavy atom. The Labute approximate surface area is 164 Å². The van der Waals surface area contributed by atoms with Gasteiger partial charge in [-0.25, -0.2) is 13.8 Å². The summed E-state index contributed by atoms with van der Waals surface area (Å²) in [5, 5.41) is 7.03. The first-order chi connectivity index (χ1) is 13.5. The van der Waals surface area contributed by atoms with Crippen molar-refractivity contribution >= 4 is 32.6 Å². The van der Waals surface area contributed by atoms with Gasteiger partial charge >= 0.3 is 0 Å². The molecule has 8 heteroatoms. The average molecular weight is 403 g/mol. The lowest BCUT2D eigenvalue weighted by Crippen LogP contribution is -2.43. The van der Waals surface area contributed by atoms with Gasteiger partial charge in [0.1, 0.15) is 17.4 Å². The number of benzene rings is 2. The highest BCUT2D eigenvalue weighted by Crippen LogP contribution is 2.30. The number of ether oxygens (including phenoxy) is 1. The van der Waals surface area contributed by atoms with Gasteiger partial charge < -0.3 is 15.4 Å². The van der Waals surface area contributed by atoms with Gasteiger partial charge in [-0.2, -0.15) is 0 Å². The molecule has 1 amide bonds. The average Bonchev–Trinajstić information content (AvgIpc) is 3.27. The Kier molecular flexibility index (Phi) is 5.13. The zero-order valence-corrected chi connectivity index (χ0v) is 16.0. The summed E-state index contributed by atoms with van der Waals surface area (Å²) < 4.78 is 32.9. The van der Waals surface area contributed by atoms with Crippen LogP contribution in [0.15, 0.2) is 36.4 Å². The Bertz CT molecular complexity index is 1020. The molecule has 1 heterocycles. The number of methoxy groups -OCH3 is 1. The second-order valence-electron chi connectivity index (χ2n) is 6.74. The molecular weight excluding hydrogens is 384 g/mol. The molecule has 0 saturated heterocycles. The predicted octanol–water partition coefficient (Wildman–Crippen LogP) is 4.35. The lowest BCUT2D eigenvalue weighted by Gasteiger charge is -2.22. The second-order valence-corrected chi connectivity index (χ2v) is 7.77. The highest BCUT2D eigenvalue weighted by atomic mass is 32.1. The molecule has 3 aromatic rings. The van der Waals surface area contributed by atoms with E-state index in [4.69, 9.17) is 4.74 Å². The molecule has 1 aliphatic rings. The second kappa shape index (κ2) is 7.71. The third-order valence-corrected chi connectivity index (χ3v) is 5.85. The number of anilines is 1. The summed E-state index contributed by atoms with van der Waals surface area (Å²) in [4.78, 5) is 17.2. The van der Waals surface area contributed by atoms with E-state index in [2.05, 4.69) is 15.6 Å². The van der Waals surface area contributed by atoms with Crippen molar-refractivity contribution in [3.63, 3.8) is 0 Å². The molecule has 4 rings (SSSR count). The van der Waals surface area contributed by atoms with Crippen LogP contribution in [0.1, 0.15) is 29.6 Å². The molecule has 0 aliphatic heterocycles. The molecule has 1 aliphatic carbocycles. The van der Waals surface area contributed by atoms with E-state index in [0.29, 0.717) is 10.9 Å². The minimum absolute atomic E-state index is 0.00564. The van der Waals surface area contributed by atoms with Crippen molar-refractivity contribution in [2.75, 3.05) is 12.4 Å². The van der Waals surface area contributed by atoms with Gasteiger partial charge in [0.05, 0.1) is 22.9 Å². The smallest absolute Gasteiger partial charge is 0.255 e. The standard InChI is InChI=1S/C20H19F2N3O2S/c1-27-17-8-6-11(21)9-13(17)19(26)23-14-3-2-4-15(14)24-20-25-16-7-5-12(22)10-18(16)28-20/h5-10,14-15H,2-4H2,1H3,(H,23,26)(H,24,25)/t14-,15-/m0/s1. The molecule has 146 valence electrons. The monoisotopic (exact) mass is 403 g/mol. The molecule has 28 heavy (non-hydrogen) atoms. The summed E-state index contributed by atoms with van der Waals surface area (Å²) in [7, 11) is 1.44. The number of thiazole rings is 1. The quantitative estimate of drug-likeness (QED) is 0.665. The van der Waals surface area contributed by atoms with Gasteiger partial charge in [-0.1, -0.05) is 11.3 Å². The molecule has 2 atom stereocenters. The maximum Gasteiger partial charge on any atom is 0.255 e. The van der Waals surface area contributed by atoms with Crippen LogP contribution in [0.4, 0.5) is 13.9 Å². The number of fused-ring (bicyclic) bond motifs is 1. The summed E-state index contributed by atoms with van der Waals surface area (Å²) in [6, 6.07) is 8.24. The lowest BCUT2D eigenvalue weighted by atomic mass is 10.1. The Morgan fingerprint density at radius 1 is 1.14 bits per heavy atom. The third-order valence-electron chi connectivity index (χ3n) is 4.90. The van der Waals surface area contributed by atoms with Crippen molar-refractivity contribution in [3.05, 3.63) is 53.6 Å². The van der Waals surface area contributed by atoms with E-state index >= 15 is 0 Å². The first-order valence-electron chi connectivity index (χ1n) is 9.00. The number of carbonyl (C=O) groups excluding carboxylic acids is 1. The largest absolute Gasteiger partial charge is 0.496 e. The van der Waals surface area contributed by atoms with Crippen LogP contribution in [-0.4, -0.2) is 30.1 Å². The van der Waals surface area contributed by atoms with E-state index in [9.17, 15) is 13.6 Å². The van der Waals surface area contributed by atoms with Crippen LogP contribution < -0.4 is 15.4 Å². The van der Waals surface area contributed by atoms with E-state index in [1.807, 2.05) is 0 Å². The van der Waals surface area contributed by atoms with Crippen LogP contribution in [0.3, 0.4) is 0 Å². The summed E-state index contributed by atoms with van der Waals surface area (Å²) >= 11 is 1.38. The first-order valence-corrected chi connectivity index (χ1v) is 9.82. The summed E-state index contributed by atoms with van der Waals surface area (Å²) in [5.41, 5.74) is 0.903. The summed E-state index contributed by atoms with van der Waals surface area (Å²) in [6.07, 6.45) is 2.62. The lowest BCUT2D eigenvalue weighted by molar-refractivity contribution is 0.0932. The molecule has 1 fully saturated rings. The Morgan fingerprint density at radius 3 is 2.71 bits per heavy atom. The molecule has 0 unspecified atom stereocenters. The van der Waals surface area contributed by atoms with Crippen molar-refractivity contribution in [2.24, 2.45) is 0 Å². The van der Waals surface area contributed by atoms with Crippen molar-refractivity contribution in [3.8, 4) is 5.75 Å². The molecule has 0 radical (unpaired) electrons. The maximum atomic E-state index is 13.6. The summed E-state index contributed by atoms with van der Waals surface area (Å²) in [5.74, 6) is -0.831. The number of carbonyl (C=O) groups is 1. The fourth-order valence-corrected chi connectivity index (χ4v) is 4.48. The number of aromatic nitrogens is 1. The zero-order valence-electron chi connectivity index (χ0n) is 15.2. The van der Waals surface area contributed by atoms with E-state index in [1.165, 1.54) is 48.8 Å². The number of nitrogens with one attached hydrogen (secondary N) is 2. The Hall–Kier alpha value is -2.74. The molecule has 0 spiro atoms. The van der Waals surface area contributed by atoms with Gasteiger partial charge in [-0.3, -0.25) is 4.79 Å². The number of hydrogen-bond donors (Lipinski definition) is 2. The van der Waals surface area contributed by atoms with Gasteiger partial charge in [0.15, 0.2) is 5.13 Å². The van der Waals surface area contributed by atoms with Gasteiger partial charge in [-0.05, 0) is 55.7 Å². The molecule has 0 bridgehead atoms. The van der Waals surface area contributed by atoms with Crippen LogP contribution in [0.25, 0.3) is 10.2 Å². The zero-order chi connectivity index (χ0) is 19.7. The molecule has 2 N–H and O–H groups in total. The SMILES string of the molecule is COc1ccc(F)cc1C(=O)N[C@H]1CCC[C@@H]1Nc1nc2ccc(F)cc2s1.